The molecule has 1 aliphatic heterocycles. The van der Waals surface area contributed by atoms with Gasteiger partial charge in [0.25, 0.3) is 5.91 Å². The molecule has 0 radical (unpaired) electrons. The molecule has 0 fully saturated rings. The number of methoxy groups -OCH3 is 1. The van der Waals surface area contributed by atoms with Crippen molar-refractivity contribution in [2.75, 3.05) is 13.7 Å². The molecule has 0 aromatic heterocycles. The second-order valence-corrected chi connectivity index (χ2v) is 6.42. The van der Waals surface area contributed by atoms with Crippen molar-refractivity contribution in [1.29, 1.82) is 0 Å². The second-order valence-electron chi connectivity index (χ2n) is 6.42. The van der Waals surface area contributed by atoms with Crippen molar-refractivity contribution in [3.63, 3.8) is 0 Å². The standard InChI is InChI=1S/C21H16F3NO5/c1-29-19(28)21(16-8-3-2-7-15(16)18(27)25-21)14-6-4-5-13(11-14)9-10-17(26)30-12-20(22,23)24/h2-11H,12H2,1H3,(H,25,27)/b10-9+. The van der Waals surface area contributed by atoms with Crippen LogP contribution in [0.15, 0.2) is 54.6 Å². The highest BCUT2D eigenvalue weighted by atomic mass is 19.4. The van der Waals surface area contributed by atoms with Gasteiger partial charge in [0.2, 0.25) is 0 Å². The maximum absolute atomic E-state index is 12.8. The minimum atomic E-state index is -4.62. The molecule has 1 atom stereocenters. The largest absolute Gasteiger partial charge is 0.467 e. The summed E-state index contributed by atoms with van der Waals surface area (Å²) < 4.78 is 45.4. The lowest BCUT2D eigenvalue weighted by molar-refractivity contribution is -0.182. The van der Waals surface area contributed by atoms with Crippen LogP contribution in [0, 0.1) is 0 Å². The fourth-order valence-corrected chi connectivity index (χ4v) is 3.21. The third kappa shape index (κ3) is 4.05. The Balaban J connectivity index is 1.95. The van der Waals surface area contributed by atoms with E-state index >= 15 is 0 Å². The molecule has 0 saturated heterocycles. The lowest BCUT2D eigenvalue weighted by Gasteiger charge is -2.28. The molecule has 0 saturated carbocycles. The van der Waals surface area contributed by atoms with Crippen LogP contribution in [0.3, 0.4) is 0 Å². The zero-order valence-electron chi connectivity index (χ0n) is 15.7. The van der Waals surface area contributed by atoms with Gasteiger partial charge in [-0.25, -0.2) is 9.59 Å². The Labute approximate surface area is 169 Å². The van der Waals surface area contributed by atoms with Crippen LogP contribution in [-0.4, -0.2) is 37.7 Å². The Bertz CT molecular complexity index is 1030. The molecule has 0 spiro atoms. The number of carbonyl (C=O) groups is 3. The third-order valence-electron chi connectivity index (χ3n) is 4.48. The van der Waals surface area contributed by atoms with Crippen LogP contribution in [0.25, 0.3) is 6.08 Å². The number of halogens is 3. The molecule has 1 heterocycles. The summed E-state index contributed by atoms with van der Waals surface area (Å²) in [4.78, 5) is 36.7. The zero-order valence-corrected chi connectivity index (χ0v) is 15.7. The Hall–Kier alpha value is -3.62. The van der Waals surface area contributed by atoms with Crippen LogP contribution in [0.4, 0.5) is 13.2 Å². The van der Waals surface area contributed by atoms with Crippen molar-refractivity contribution >= 4 is 23.9 Å². The first-order chi connectivity index (χ1) is 14.2. The van der Waals surface area contributed by atoms with Crippen molar-refractivity contribution in [2.45, 2.75) is 11.7 Å². The van der Waals surface area contributed by atoms with Gasteiger partial charge in [0.1, 0.15) is 0 Å². The SMILES string of the molecule is COC(=O)C1(c2cccc(/C=C/C(=O)OCC(F)(F)F)c2)NC(=O)c2ccccc21. The number of nitrogens with one attached hydrogen (secondary N) is 1. The Morgan fingerprint density at radius 1 is 1.13 bits per heavy atom. The van der Waals surface area contributed by atoms with E-state index in [1.165, 1.54) is 19.3 Å². The maximum atomic E-state index is 12.8. The van der Waals surface area contributed by atoms with Gasteiger partial charge in [-0.1, -0.05) is 36.4 Å². The minimum Gasteiger partial charge on any atom is -0.467 e. The molecular weight excluding hydrogens is 403 g/mol. The predicted molar refractivity (Wildman–Crippen MR) is 99.2 cm³/mol. The summed E-state index contributed by atoms with van der Waals surface area (Å²) >= 11 is 0. The van der Waals surface area contributed by atoms with Gasteiger partial charge in [-0.2, -0.15) is 13.2 Å². The van der Waals surface area contributed by atoms with E-state index in [2.05, 4.69) is 10.1 Å². The highest BCUT2D eigenvalue weighted by Crippen LogP contribution is 2.38. The summed E-state index contributed by atoms with van der Waals surface area (Å²) in [5, 5.41) is 2.67. The molecule has 0 bridgehead atoms. The normalized spacial score (nSPS) is 18.1. The van der Waals surface area contributed by atoms with E-state index in [4.69, 9.17) is 4.74 Å². The Kier molecular flexibility index (Phi) is 5.64. The first kappa shape index (κ1) is 21.1. The van der Waals surface area contributed by atoms with Crippen LogP contribution >= 0.6 is 0 Å². The summed E-state index contributed by atoms with van der Waals surface area (Å²) in [6, 6.07) is 12.8. The molecular formula is C21H16F3NO5. The summed E-state index contributed by atoms with van der Waals surface area (Å²) in [5.41, 5.74) is -0.104. The summed E-state index contributed by atoms with van der Waals surface area (Å²) in [6.45, 7) is -1.69. The summed E-state index contributed by atoms with van der Waals surface area (Å²) in [6.07, 6.45) is -2.53. The van der Waals surface area contributed by atoms with Crippen molar-refractivity contribution in [3.8, 4) is 0 Å². The Morgan fingerprint density at radius 3 is 2.57 bits per heavy atom. The molecule has 0 aliphatic carbocycles. The average Bonchev–Trinajstić information content (AvgIpc) is 3.03. The number of benzene rings is 2. The van der Waals surface area contributed by atoms with Gasteiger partial charge in [0.05, 0.1) is 7.11 Å². The molecule has 30 heavy (non-hydrogen) atoms. The van der Waals surface area contributed by atoms with Gasteiger partial charge in [-0.15, -0.1) is 0 Å². The van der Waals surface area contributed by atoms with Crippen molar-refractivity contribution in [1.82, 2.24) is 5.32 Å². The molecule has 1 unspecified atom stereocenters. The van der Waals surface area contributed by atoms with E-state index in [0.717, 1.165) is 6.08 Å². The predicted octanol–water partition coefficient (Wildman–Crippen LogP) is 2.97. The quantitative estimate of drug-likeness (QED) is 0.595. The van der Waals surface area contributed by atoms with E-state index in [0.29, 0.717) is 22.3 Å². The lowest BCUT2D eigenvalue weighted by Crippen LogP contribution is -2.48. The van der Waals surface area contributed by atoms with Crippen LogP contribution in [0.1, 0.15) is 27.0 Å². The topological polar surface area (TPSA) is 81.7 Å². The van der Waals surface area contributed by atoms with Crippen molar-refractivity contribution < 1.29 is 37.0 Å². The molecule has 3 rings (SSSR count). The molecule has 6 nitrogen and oxygen atoms in total. The fraction of sp³-hybridized carbons (Fsp3) is 0.190. The third-order valence-corrected chi connectivity index (χ3v) is 4.48. The van der Waals surface area contributed by atoms with Gasteiger partial charge < -0.3 is 14.8 Å². The number of amides is 1. The van der Waals surface area contributed by atoms with Crippen LogP contribution in [0.2, 0.25) is 0 Å². The summed E-state index contributed by atoms with van der Waals surface area (Å²) in [5.74, 6) is -2.33. The van der Waals surface area contributed by atoms with Gasteiger partial charge in [-0.3, -0.25) is 4.79 Å². The lowest BCUT2D eigenvalue weighted by atomic mass is 9.83. The first-order valence-corrected chi connectivity index (χ1v) is 8.70. The molecule has 1 aliphatic rings. The van der Waals surface area contributed by atoms with E-state index in [1.807, 2.05) is 0 Å². The van der Waals surface area contributed by atoms with Crippen molar-refractivity contribution in [3.05, 3.63) is 76.9 Å². The molecule has 2 aromatic rings. The van der Waals surface area contributed by atoms with Gasteiger partial charge in [0.15, 0.2) is 12.1 Å². The number of ether oxygens (including phenoxy) is 2. The Morgan fingerprint density at radius 2 is 1.87 bits per heavy atom. The number of hydrogen-bond donors (Lipinski definition) is 1. The number of rotatable bonds is 5. The smallest absolute Gasteiger partial charge is 0.422 e. The molecule has 9 heteroatoms. The van der Waals surface area contributed by atoms with Crippen molar-refractivity contribution in [2.24, 2.45) is 0 Å². The number of alkyl halides is 3. The van der Waals surface area contributed by atoms with Gasteiger partial charge in [0, 0.05) is 17.2 Å². The minimum absolute atomic E-state index is 0.319. The number of esters is 2. The number of carbonyl (C=O) groups excluding carboxylic acids is 3. The number of hydrogen-bond acceptors (Lipinski definition) is 5. The van der Waals surface area contributed by atoms with Crippen LogP contribution in [0.5, 0.6) is 0 Å². The molecule has 1 amide bonds. The van der Waals surface area contributed by atoms with E-state index in [9.17, 15) is 27.6 Å². The molecule has 156 valence electrons. The molecule has 2 aromatic carbocycles. The fourth-order valence-electron chi connectivity index (χ4n) is 3.21. The highest BCUT2D eigenvalue weighted by molar-refractivity contribution is 6.07. The van der Waals surface area contributed by atoms with Crippen LogP contribution < -0.4 is 5.32 Å². The van der Waals surface area contributed by atoms with E-state index in [-0.39, 0.29) is 0 Å². The highest BCUT2D eigenvalue weighted by Gasteiger charge is 2.51. The maximum Gasteiger partial charge on any atom is 0.422 e. The van der Waals surface area contributed by atoms with Gasteiger partial charge in [-0.05, 0) is 29.3 Å². The zero-order chi connectivity index (χ0) is 21.9. The average molecular weight is 419 g/mol. The van der Waals surface area contributed by atoms with E-state index < -0.39 is 36.2 Å². The second kappa shape index (κ2) is 8.02. The first-order valence-electron chi connectivity index (χ1n) is 8.70. The number of fused-ring (bicyclic) bond motifs is 1. The van der Waals surface area contributed by atoms with Crippen LogP contribution in [-0.2, 0) is 24.6 Å². The summed E-state index contributed by atoms with van der Waals surface area (Å²) in [7, 11) is 1.19. The van der Waals surface area contributed by atoms with E-state index in [1.54, 1.807) is 42.5 Å². The monoisotopic (exact) mass is 419 g/mol. The molecule has 1 N–H and O–H groups in total. The van der Waals surface area contributed by atoms with Gasteiger partial charge >= 0.3 is 18.1 Å².